The van der Waals surface area contributed by atoms with E-state index < -0.39 is 12.1 Å². The molecule has 0 atom stereocenters. The van der Waals surface area contributed by atoms with Gasteiger partial charge in [0.2, 0.25) is 0 Å². The van der Waals surface area contributed by atoms with E-state index in [0.717, 1.165) is 5.56 Å². The van der Waals surface area contributed by atoms with Crippen LogP contribution < -0.4 is 10.3 Å². The second-order valence-electron chi connectivity index (χ2n) is 6.28. The van der Waals surface area contributed by atoms with Gasteiger partial charge < -0.3 is 4.74 Å². The number of halogens is 3. The van der Waals surface area contributed by atoms with Crippen LogP contribution in [-0.4, -0.2) is 26.9 Å². The minimum absolute atomic E-state index is 0.274. The zero-order valence-corrected chi connectivity index (χ0v) is 16.1. The van der Waals surface area contributed by atoms with Crippen molar-refractivity contribution in [2.45, 2.75) is 6.18 Å². The molecule has 0 aliphatic carbocycles. The summed E-state index contributed by atoms with van der Waals surface area (Å²) in [5, 5.41) is 6.55. The summed E-state index contributed by atoms with van der Waals surface area (Å²) in [7, 11) is 1.49. The number of benzene rings is 1. The molecule has 0 aliphatic heterocycles. The smallest absolute Gasteiger partial charge is 0.420 e. The number of nitrogens with zero attached hydrogens (tertiary/aromatic N) is 3. The molecule has 0 saturated heterocycles. The Labute approximate surface area is 171 Å². The lowest BCUT2D eigenvalue weighted by molar-refractivity contribution is -0.189. The number of rotatable bonds is 3. The number of fused-ring (bicyclic) bond motifs is 1. The molecular formula is C20H12F3N3O3S. The molecule has 30 heavy (non-hydrogen) atoms. The van der Waals surface area contributed by atoms with E-state index in [-0.39, 0.29) is 11.3 Å². The molecule has 0 amide bonds. The molecule has 152 valence electrons. The number of aryl methyl sites for hydroxylation is 1. The molecule has 1 aromatic carbocycles. The van der Waals surface area contributed by atoms with Gasteiger partial charge >= 0.3 is 12.1 Å². The first-order chi connectivity index (χ1) is 14.3. The molecule has 3 heterocycles. The van der Waals surface area contributed by atoms with Crippen LogP contribution in [0, 0.1) is 0 Å². The monoisotopic (exact) mass is 431 g/mol. The van der Waals surface area contributed by atoms with Crippen molar-refractivity contribution in [3.8, 4) is 28.1 Å². The van der Waals surface area contributed by atoms with Crippen LogP contribution in [0.2, 0.25) is 0 Å². The van der Waals surface area contributed by atoms with E-state index in [2.05, 4.69) is 14.8 Å². The van der Waals surface area contributed by atoms with E-state index in [4.69, 9.17) is 0 Å². The van der Waals surface area contributed by atoms with Crippen LogP contribution in [0.25, 0.3) is 32.5 Å². The van der Waals surface area contributed by atoms with Crippen LogP contribution in [0.1, 0.15) is 0 Å². The summed E-state index contributed by atoms with van der Waals surface area (Å²) < 4.78 is 43.7. The maximum absolute atomic E-state index is 12.8. The Balaban J connectivity index is 1.86. The highest BCUT2D eigenvalue weighted by molar-refractivity contribution is 7.18. The highest BCUT2D eigenvalue weighted by Gasteiger charge is 2.41. The van der Waals surface area contributed by atoms with Gasteiger partial charge in [-0.3, -0.25) is 9.78 Å². The fraction of sp³-hybridized carbons (Fsp3) is 0.100. The Morgan fingerprint density at radius 2 is 1.87 bits per heavy atom. The first kappa shape index (κ1) is 19.8. The SMILES string of the molecule is Cn1nc(-c2cccc(OC(=O)C(F)(F)F)c2)c2scc(-c3ccncc3)c2c1=O. The van der Waals surface area contributed by atoms with Crippen LogP contribution in [0.4, 0.5) is 13.2 Å². The topological polar surface area (TPSA) is 74.1 Å². The standard InChI is InChI=1S/C20H12F3N3O3S/c1-26-18(27)15-14(11-5-7-24-8-6-11)10-30-17(15)16(25-26)12-3-2-4-13(9-12)29-19(28)20(21,22)23/h2-10H,1H3. The van der Waals surface area contributed by atoms with Crippen LogP contribution in [-0.2, 0) is 11.8 Å². The second kappa shape index (κ2) is 7.38. The van der Waals surface area contributed by atoms with Gasteiger partial charge in [0, 0.05) is 35.9 Å². The quantitative estimate of drug-likeness (QED) is 0.359. The summed E-state index contributed by atoms with van der Waals surface area (Å²) in [6.45, 7) is 0. The highest BCUT2D eigenvalue weighted by Crippen LogP contribution is 2.37. The van der Waals surface area contributed by atoms with Crippen LogP contribution in [0.3, 0.4) is 0 Å². The lowest BCUT2D eigenvalue weighted by Gasteiger charge is -2.10. The Morgan fingerprint density at radius 3 is 2.57 bits per heavy atom. The zero-order chi connectivity index (χ0) is 21.5. The van der Waals surface area contributed by atoms with Crippen LogP contribution in [0.15, 0.2) is 59.0 Å². The van der Waals surface area contributed by atoms with Gasteiger partial charge in [-0.05, 0) is 29.8 Å². The van der Waals surface area contributed by atoms with Gasteiger partial charge in [-0.2, -0.15) is 18.3 Å². The molecule has 0 saturated carbocycles. The molecular weight excluding hydrogens is 419 g/mol. The van der Waals surface area contributed by atoms with Crippen molar-refractivity contribution in [3.63, 3.8) is 0 Å². The molecule has 10 heteroatoms. The number of carbonyl (C=O) groups excluding carboxylic acids is 1. The Morgan fingerprint density at radius 1 is 1.13 bits per heavy atom. The van der Waals surface area contributed by atoms with Gasteiger partial charge in [-0.15, -0.1) is 11.3 Å². The van der Waals surface area contributed by atoms with Crippen LogP contribution in [0.5, 0.6) is 5.75 Å². The van der Waals surface area contributed by atoms with E-state index in [1.165, 1.54) is 41.3 Å². The van der Waals surface area contributed by atoms with Crippen molar-refractivity contribution in [2.75, 3.05) is 0 Å². The number of alkyl halides is 3. The fourth-order valence-electron chi connectivity index (χ4n) is 2.95. The summed E-state index contributed by atoms with van der Waals surface area (Å²) in [5.74, 6) is -2.58. The molecule has 4 rings (SSSR count). The predicted octanol–water partition coefficient (Wildman–Crippen LogP) is 4.19. The lowest BCUT2D eigenvalue weighted by atomic mass is 10.1. The van der Waals surface area contributed by atoms with Gasteiger partial charge in [-0.1, -0.05) is 12.1 Å². The van der Waals surface area contributed by atoms with Gasteiger partial charge in [0.1, 0.15) is 11.4 Å². The third-order valence-corrected chi connectivity index (χ3v) is 5.29. The van der Waals surface area contributed by atoms with Crippen molar-refractivity contribution >= 4 is 27.4 Å². The largest absolute Gasteiger partial charge is 0.491 e. The van der Waals surface area contributed by atoms with E-state index in [0.29, 0.717) is 26.9 Å². The number of thiophene rings is 1. The van der Waals surface area contributed by atoms with Crippen molar-refractivity contribution in [3.05, 3.63) is 64.5 Å². The molecule has 4 aromatic rings. The minimum atomic E-state index is -5.11. The molecule has 0 fully saturated rings. The normalized spacial score (nSPS) is 11.6. The average molecular weight is 431 g/mol. The molecule has 0 N–H and O–H groups in total. The lowest BCUT2D eigenvalue weighted by Crippen LogP contribution is -2.27. The number of hydrogen-bond acceptors (Lipinski definition) is 6. The number of pyridine rings is 1. The van der Waals surface area contributed by atoms with E-state index in [1.807, 2.05) is 5.38 Å². The van der Waals surface area contributed by atoms with Gasteiger partial charge in [-0.25, -0.2) is 9.48 Å². The van der Waals surface area contributed by atoms with E-state index in [1.54, 1.807) is 30.6 Å². The predicted molar refractivity (Wildman–Crippen MR) is 105 cm³/mol. The zero-order valence-electron chi connectivity index (χ0n) is 15.3. The summed E-state index contributed by atoms with van der Waals surface area (Å²) in [4.78, 5) is 27.9. The Bertz CT molecular complexity index is 1310. The molecule has 0 spiro atoms. The molecule has 6 nitrogen and oxygen atoms in total. The molecule has 3 aromatic heterocycles. The number of esters is 1. The van der Waals surface area contributed by atoms with Crippen molar-refractivity contribution in [1.29, 1.82) is 0 Å². The van der Waals surface area contributed by atoms with Gasteiger partial charge in [0.05, 0.1) is 10.1 Å². The highest BCUT2D eigenvalue weighted by atomic mass is 32.1. The Hall–Kier alpha value is -3.53. The second-order valence-corrected chi connectivity index (χ2v) is 7.16. The fourth-order valence-corrected chi connectivity index (χ4v) is 4.03. The first-order valence-electron chi connectivity index (χ1n) is 8.54. The molecule has 0 bridgehead atoms. The maximum Gasteiger partial charge on any atom is 0.491 e. The van der Waals surface area contributed by atoms with Crippen molar-refractivity contribution in [2.24, 2.45) is 7.05 Å². The van der Waals surface area contributed by atoms with Crippen molar-refractivity contribution < 1.29 is 22.7 Å². The number of aromatic nitrogens is 3. The summed E-state index contributed by atoms with van der Waals surface area (Å²) in [5.41, 5.74) is 2.01. The Kier molecular flexibility index (Phi) is 4.86. The minimum Gasteiger partial charge on any atom is -0.420 e. The third kappa shape index (κ3) is 3.57. The number of hydrogen-bond donors (Lipinski definition) is 0. The average Bonchev–Trinajstić information content (AvgIpc) is 3.16. The maximum atomic E-state index is 12.8. The summed E-state index contributed by atoms with van der Waals surface area (Å²) in [6, 6.07) is 9.13. The van der Waals surface area contributed by atoms with Gasteiger partial charge in [0.15, 0.2) is 0 Å². The van der Waals surface area contributed by atoms with E-state index in [9.17, 15) is 22.8 Å². The van der Waals surface area contributed by atoms with Gasteiger partial charge in [0.25, 0.3) is 5.56 Å². The first-order valence-corrected chi connectivity index (χ1v) is 9.42. The van der Waals surface area contributed by atoms with Crippen molar-refractivity contribution in [1.82, 2.24) is 14.8 Å². The van der Waals surface area contributed by atoms with E-state index >= 15 is 0 Å². The van der Waals surface area contributed by atoms with Crippen LogP contribution >= 0.6 is 11.3 Å². The number of carbonyl (C=O) groups is 1. The summed E-state index contributed by atoms with van der Waals surface area (Å²) >= 11 is 1.29. The third-order valence-electron chi connectivity index (χ3n) is 4.30. The molecule has 0 aliphatic rings. The summed E-state index contributed by atoms with van der Waals surface area (Å²) in [6.07, 6.45) is -1.88. The molecule has 0 unspecified atom stereocenters. The molecule has 0 radical (unpaired) electrons. The number of ether oxygens (including phenoxy) is 1.